The third-order valence-electron chi connectivity index (χ3n) is 6.60. The molecule has 3 aliphatic rings. The van der Waals surface area contributed by atoms with Crippen molar-refractivity contribution in [2.75, 3.05) is 9.80 Å². The Morgan fingerprint density at radius 2 is 1.70 bits per heavy atom. The average Bonchev–Trinajstić information content (AvgIpc) is 3.51. The minimum atomic E-state index is -0.898. The van der Waals surface area contributed by atoms with Gasteiger partial charge in [0.05, 0.1) is 34.9 Å². The van der Waals surface area contributed by atoms with Crippen LogP contribution in [0.15, 0.2) is 71.4 Å². The first-order valence-electron chi connectivity index (χ1n) is 10.4. The quantitative estimate of drug-likeness (QED) is 0.397. The van der Waals surface area contributed by atoms with Gasteiger partial charge in [-0.1, -0.05) is 53.6 Å². The van der Waals surface area contributed by atoms with E-state index in [0.717, 1.165) is 16.2 Å². The predicted octanol–water partition coefficient (Wildman–Crippen LogP) is 4.86. The number of benzene rings is 2. The van der Waals surface area contributed by atoms with Crippen molar-refractivity contribution in [3.8, 4) is 0 Å². The maximum atomic E-state index is 13.8. The molecule has 0 saturated carbocycles. The summed E-state index contributed by atoms with van der Waals surface area (Å²) in [5.74, 6) is -2.66. The lowest BCUT2D eigenvalue weighted by atomic mass is 9.87. The molecule has 0 aliphatic carbocycles. The first kappa shape index (κ1) is 20.3. The standard InChI is InChI=1S/C25H16Cl2N2O4/c26-14-8-10-17(15(27)12-14)29-24(31)20-18-9-7-13-4-1-2-5-16(13)28(18)22(21(20)25(29)32)23(30)19-6-3-11-33-19/h1-12,18,20-22H/t18-,20-,21+,22+/m1/s1. The summed E-state index contributed by atoms with van der Waals surface area (Å²) in [6.07, 6.45) is 5.25. The summed E-state index contributed by atoms with van der Waals surface area (Å²) < 4.78 is 5.39. The van der Waals surface area contributed by atoms with Gasteiger partial charge < -0.3 is 9.32 Å². The van der Waals surface area contributed by atoms with E-state index in [2.05, 4.69) is 0 Å². The number of para-hydroxylation sites is 1. The van der Waals surface area contributed by atoms with Crippen molar-refractivity contribution in [1.82, 2.24) is 0 Å². The molecule has 1 aromatic heterocycles. The summed E-state index contributed by atoms with van der Waals surface area (Å²) in [4.78, 5) is 44.1. The number of rotatable bonds is 3. The van der Waals surface area contributed by atoms with Crippen LogP contribution in [0.25, 0.3) is 6.08 Å². The van der Waals surface area contributed by atoms with Gasteiger partial charge in [0.1, 0.15) is 6.04 Å². The van der Waals surface area contributed by atoms with Crippen LogP contribution in [0.4, 0.5) is 11.4 Å². The highest BCUT2D eigenvalue weighted by atomic mass is 35.5. The van der Waals surface area contributed by atoms with Crippen LogP contribution in [0.2, 0.25) is 10.0 Å². The number of hydrogen-bond acceptors (Lipinski definition) is 5. The number of ketones is 1. The Morgan fingerprint density at radius 3 is 2.45 bits per heavy atom. The van der Waals surface area contributed by atoms with Crippen LogP contribution in [0.5, 0.6) is 0 Å². The van der Waals surface area contributed by atoms with Crippen molar-refractivity contribution < 1.29 is 18.8 Å². The minimum absolute atomic E-state index is 0.148. The topological polar surface area (TPSA) is 70.8 Å². The number of anilines is 2. The molecule has 6 nitrogen and oxygen atoms in total. The van der Waals surface area contributed by atoms with Crippen LogP contribution in [-0.4, -0.2) is 29.7 Å². The molecule has 2 fully saturated rings. The Kier molecular flexibility index (Phi) is 4.50. The first-order valence-corrected chi connectivity index (χ1v) is 11.2. The SMILES string of the molecule is O=C(c1ccco1)[C@@H]1[C@H]2C(=O)N(c3ccc(Cl)cc3Cl)C(=O)[C@@H]2[C@H]2C=Cc3ccccc3N21. The Morgan fingerprint density at radius 1 is 0.909 bits per heavy atom. The molecule has 164 valence electrons. The molecular weight excluding hydrogens is 463 g/mol. The molecule has 33 heavy (non-hydrogen) atoms. The lowest BCUT2D eigenvalue weighted by Crippen LogP contribution is -2.48. The monoisotopic (exact) mass is 478 g/mol. The summed E-state index contributed by atoms with van der Waals surface area (Å²) in [7, 11) is 0. The maximum absolute atomic E-state index is 13.8. The molecule has 6 rings (SSSR count). The van der Waals surface area contributed by atoms with E-state index in [1.165, 1.54) is 12.3 Å². The number of fused-ring (bicyclic) bond motifs is 5. The van der Waals surface area contributed by atoms with Crippen molar-refractivity contribution in [2.24, 2.45) is 11.8 Å². The molecular formula is C25H16Cl2N2O4. The molecule has 3 aliphatic heterocycles. The second kappa shape index (κ2) is 7.33. The van der Waals surface area contributed by atoms with E-state index in [4.69, 9.17) is 27.6 Å². The summed E-state index contributed by atoms with van der Waals surface area (Å²) >= 11 is 12.4. The summed E-state index contributed by atoms with van der Waals surface area (Å²) in [5.41, 5.74) is 1.99. The number of nitrogens with zero attached hydrogens (tertiary/aromatic N) is 2. The molecule has 0 bridgehead atoms. The van der Waals surface area contributed by atoms with E-state index in [-0.39, 0.29) is 28.2 Å². The van der Waals surface area contributed by atoms with E-state index in [9.17, 15) is 14.4 Å². The molecule has 4 atom stereocenters. The van der Waals surface area contributed by atoms with Gasteiger partial charge in [-0.2, -0.15) is 0 Å². The van der Waals surface area contributed by atoms with E-state index >= 15 is 0 Å². The lowest BCUT2D eigenvalue weighted by molar-refractivity contribution is -0.122. The fraction of sp³-hybridized carbons (Fsp3) is 0.160. The Hall–Kier alpha value is -3.35. The highest BCUT2D eigenvalue weighted by Crippen LogP contribution is 2.50. The van der Waals surface area contributed by atoms with Gasteiger partial charge in [-0.05, 0) is 42.0 Å². The normalized spacial score (nSPS) is 25.3. The predicted molar refractivity (Wildman–Crippen MR) is 125 cm³/mol. The minimum Gasteiger partial charge on any atom is -0.461 e. The van der Waals surface area contributed by atoms with Crippen LogP contribution < -0.4 is 9.80 Å². The molecule has 3 aromatic rings. The summed E-state index contributed by atoms with van der Waals surface area (Å²) in [5, 5.41) is 0.589. The van der Waals surface area contributed by atoms with Crippen LogP contribution in [0, 0.1) is 11.8 Å². The fourth-order valence-electron chi connectivity index (χ4n) is 5.28. The Labute approximate surface area is 199 Å². The lowest BCUT2D eigenvalue weighted by Gasteiger charge is -2.36. The van der Waals surface area contributed by atoms with Gasteiger partial charge in [0.2, 0.25) is 17.6 Å². The molecule has 2 saturated heterocycles. The average molecular weight is 479 g/mol. The van der Waals surface area contributed by atoms with Gasteiger partial charge >= 0.3 is 0 Å². The maximum Gasteiger partial charge on any atom is 0.240 e. The third-order valence-corrected chi connectivity index (χ3v) is 7.14. The van der Waals surface area contributed by atoms with Gasteiger partial charge in [0, 0.05) is 10.7 Å². The molecule has 0 N–H and O–H groups in total. The Balaban J connectivity index is 1.51. The second-order valence-corrected chi connectivity index (χ2v) is 9.11. The fourth-order valence-corrected chi connectivity index (χ4v) is 5.77. The van der Waals surface area contributed by atoms with Crippen molar-refractivity contribution in [1.29, 1.82) is 0 Å². The Bertz CT molecular complexity index is 1350. The highest BCUT2D eigenvalue weighted by Gasteiger charge is 2.64. The van der Waals surface area contributed by atoms with Crippen molar-refractivity contribution in [2.45, 2.75) is 12.1 Å². The van der Waals surface area contributed by atoms with Gasteiger partial charge in [-0.15, -0.1) is 0 Å². The number of carbonyl (C=O) groups is 3. The number of imide groups is 1. The van der Waals surface area contributed by atoms with Gasteiger partial charge in [-0.25, -0.2) is 4.90 Å². The zero-order valence-electron chi connectivity index (χ0n) is 17.0. The zero-order chi connectivity index (χ0) is 22.9. The van der Waals surface area contributed by atoms with Crippen LogP contribution >= 0.6 is 23.2 Å². The molecule has 2 amide bonds. The zero-order valence-corrected chi connectivity index (χ0v) is 18.5. The van der Waals surface area contributed by atoms with E-state index in [0.29, 0.717) is 5.02 Å². The van der Waals surface area contributed by atoms with E-state index in [1.54, 1.807) is 24.3 Å². The molecule has 0 radical (unpaired) electrons. The largest absolute Gasteiger partial charge is 0.461 e. The number of hydrogen-bond donors (Lipinski definition) is 0. The number of Topliss-reactive ketones (excluding diaryl/α,β-unsaturated/α-hetero) is 1. The number of halogens is 2. The summed E-state index contributed by atoms with van der Waals surface area (Å²) in [6, 6.07) is 14.1. The van der Waals surface area contributed by atoms with E-state index < -0.39 is 29.8 Å². The molecule has 0 spiro atoms. The van der Waals surface area contributed by atoms with Crippen molar-refractivity contribution >= 4 is 58.3 Å². The van der Waals surface area contributed by atoms with Crippen LogP contribution in [-0.2, 0) is 9.59 Å². The van der Waals surface area contributed by atoms with Gasteiger partial charge in [0.15, 0.2) is 5.76 Å². The second-order valence-electron chi connectivity index (χ2n) is 8.26. The van der Waals surface area contributed by atoms with Crippen molar-refractivity contribution in [3.05, 3.63) is 88.3 Å². The number of amides is 2. The molecule has 0 unspecified atom stereocenters. The van der Waals surface area contributed by atoms with Crippen LogP contribution in [0.1, 0.15) is 16.1 Å². The van der Waals surface area contributed by atoms with Crippen molar-refractivity contribution in [3.63, 3.8) is 0 Å². The van der Waals surface area contributed by atoms with Crippen LogP contribution in [0.3, 0.4) is 0 Å². The molecule has 4 heterocycles. The smallest absolute Gasteiger partial charge is 0.240 e. The summed E-state index contributed by atoms with van der Waals surface area (Å²) in [6.45, 7) is 0. The molecule has 2 aromatic carbocycles. The molecule has 8 heteroatoms. The van der Waals surface area contributed by atoms with Gasteiger partial charge in [0.25, 0.3) is 0 Å². The van der Waals surface area contributed by atoms with Gasteiger partial charge in [-0.3, -0.25) is 14.4 Å². The third kappa shape index (κ3) is 2.84. The first-order chi connectivity index (χ1) is 16.0. The highest BCUT2D eigenvalue weighted by molar-refractivity contribution is 6.38. The number of furan rings is 1. The number of carbonyl (C=O) groups excluding carboxylic acids is 3. The van der Waals surface area contributed by atoms with E-state index in [1.807, 2.05) is 41.3 Å².